The third kappa shape index (κ3) is 5.23. The summed E-state index contributed by atoms with van der Waals surface area (Å²) >= 11 is 0. The molecule has 0 aliphatic heterocycles. The Hall–Kier alpha value is -2.80. The molecule has 0 saturated heterocycles. The van der Waals surface area contributed by atoms with Crippen LogP contribution < -0.4 is 4.74 Å². The second-order valence-corrected chi connectivity index (χ2v) is 3.74. The first kappa shape index (κ1) is 15.3. The van der Waals surface area contributed by atoms with Crippen LogP contribution >= 0.6 is 0 Å². The van der Waals surface area contributed by atoms with Crippen LogP contribution in [0.1, 0.15) is 12.5 Å². The molecule has 0 unspecified atom stereocenters. The molecule has 0 bridgehead atoms. The summed E-state index contributed by atoms with van der Waals surface area (Å²) in [5.41, 5.74) is 0.705. The first-order valence-corrected chi connectivity index (χ1v) is 6.08. The predicted molar refractivity (Wildman–Crippen MR) is 77.1 cm³/mol. The minimum absolute atomic E-state index is 0.296. The molecule has 0 spiro atoms. The molecule has 1 aromatic rings. The van der Waals surface area contributed by atoms with Gasteiger partial charge in [0.25, 0.3) is 0 Å². The molecule has 1 N–H and O–H groups in total. The van der Waals surface area contributed by atoms with Crippen LogP contribution in [0, 0.1) is 11.3 Å². The minimum atomic E-state index is -1.23. The molecular formula is C16H15NO3. The number of benzene rings is 1. The number of ether oxygens (including phenoxy) is 1. The summed E-state index contributed by atoms with van der Waals surface area (Å²) in [7, 11) is 0. The van der Waals surface area contributed by atoms with E-state index in [4.69, 9.17) is 15.1 Å². The highest BCUT2D eigenvalue weighted by Gasteiger charge is 2.01. The van der Waals surface area contributed by atoms with Crippen LogP contribution in [0.15, 0.2) is 54.1 Å². The number of hydrogen-bond donors (Lipinski definition) is 1. The first-order valence-electron chi connectivity index (χ1n) is 6.08. The molecule has 0 aromatic heterocycles. The third-order valence-corrected chi connectivity index (χ3v) is 2.32. The number of hydrogen-bond acceptors (Lipinski definition) is 3. The summed E-state index contributed by atoms with van der Waals surface area (Å²) in [4.78, 5) is 10.5. The van der Waals surface area contributed by atoms with Crippen molar-refractivity contribution in [3.05, 3.63) is 59.7 Å². The zero-order valence-corrected chi connectivity index (χ0v) is 11.1. The van der Waals surface area contributed by atoms with Gasteiger partial charge in [0, 0.05) is 0 Å². The zero-order valence-electron chi connectivity index (χ0n) is 11.1. The topological polar surface area (TPSA) is 70.3 Å². The van der Waals surface area contributed by atoms with E-state index >= 15 is 0 Å². The Morgan fingerprint density at radius 1 is 1.30 bits per heavy atom. The number of allylic oxidation sites excluding steroid dienone is 4. The van der Waals surface area contributed by atoms with E-state index in [1.54, 1.807) is 18.2 Å². The fourth-order valence-electron chi connectivity index (χ4n) is 1.38. The largest absolute Gasteiger partial charge is 0.494 e. The molecule has 0 heterocycles. The van der Waals surface area contributed by atoms with Crippen molar-refractivity contribution in [3.63, 3.8) is 0 Å². The maximum absolute atomic E-state index is 10.5. The first-order chi connectivity index (χ1) is 9.67. The van der Waals surface area contributed by atoms with Crippen LogP contribution in [0.2, 0.25) is 0 Å². The van der Waals surface area contributed by atoms with E-state index in [-0.39, 0.29) is 5.57 Å². The number of carboxylic acid groups (broad SMARTS) is 1. The molecule has 0 amide bonds. The molecule has 0 radical (unpaired) electrons. The van der Waals surface area contributed by atoms with Gasteiger partial charge in [0.2, 0.25) is 0 Å². The number of carboxylic acids is 1. The van der Waals surface area contributed by atoms with Gasteiger partial charge in [-0.05, 0) is 30.7 Å². The van der Waals surface area contributed by atoms with Crippen LogP contribution in [-0.2, 0) is 4.79 Å². The molecule has 4 heteroatoms. The van der Waals surface area contributed by atoms with Gasteiger partial charge in [0.05, 0.1) is 6.61 Å². The van der Waals surface area contributed by atoms with Gasteiger partial charge in [-0.25, -0.2) is 4.79 Å². The Bertz CT molecular complexity index is 575. The van der Waals surface area contributed by atoms with Crippen molar-refractivity contribution in [3.8, 4) is 11.8 Å². The van der Waals surface area contributed by atoms with Crippen molar-refractivity contribution >= 4 is 12.0 Å². The Kier molecular flexibility index (Phi) is 6.35. The second-order valence-electron chi connectivity index (χ2n) is 3.74. The smallest absolute Gasteiger partial charge is 0.346 e. The Labute approximate surface area is 117 Å². The second kappa shape index (κ2) is 8.33. The Balaban J connectivity index is 2.61. The fourth-order valence-corrected chi connectivity index (χ4v) is 1.38. The summed E-state index contributed by atoms with van der Waals surface area (Å²) in [6.45, 7) is 2.56. The molecule has 0 atom stereocenters. The fraction of sp³-hybridized carbons (Fsp3) is 0.125. The Morgan fingerprint density at radius 3 is 2.55 bits per heavy atom. The van der Waals surface area contributed by atoms with Gasteiger partial charge in [0.1, 0.15) is 17.4 Å². The van der Waals surface area contributed by atoms with E-state index in [9.17, 15) is 4.79 Å². The third-order valence-electron chi connectivity index (χ3n) is 2.32. The van der Waals surface area contributed by atoms with Gasteiger partial charge >= 0.3 is 5.97 Å². The molecule has 1 rings (SSSR count). The molecular weight excluding hydrogens is 254 g/mol. The number of carbonyl (C=O) groups is 1. The molecule has 0 fully saturated rings. The van der Waals surface area contributed by atoms with Crippen molar-refractivity contribution < 1.29 is 14.6 Å². The summed E-state index contributed by atoms with van der Waals surface area (Å²) in [5, 5.41) is 17.2. The average molecular weight is 269 g/mol. The highest BCUT2D eigenvalue weighted by Crippen LogP contribution is 2.12. The van der Waals surface area contributed by atoms with E-state index in [1.807, 2.05) is 37.3 Å². The number of aliphatic carboxylic acids is 1. The van der Waals surface area contributed by atoms with Gasteiger partial charge in [-0.3, -0.25) is 0 Å². The lowest BCUT2D eigenvalue weighted by atomic mass is 10.2. The van der Waals surface area contributed by atoms with Crippen molar-refractivity contribution in [1.82, 2.24) is 0 Å². The number of nitrogens with zero attached hydrogens (tertiary/aromatic N) is 1. The highest BCUT2D eigenvalue weighted by molar-refractivity contribution is 5.91. The van der Waals surface area contributed by atoms with Gasteiger partial charge in [-0.2, -0.15) is 5.26 Å². The maximum Gasteiger partial charge on any atom is 0.346 e. The minimum Gasteiger partial charge on any atom is -0.494 e. The van der Waals surface area contributed by atoms with Gasteiger partial charge < -0.3 is 9.84 Å². The van der Waals surface area contributed by atoms with Crippen LogP contribution in [0.4, 0.5) is 0 Å². The molecule has 1 aromatic carbocycles. The van der Waals surface area contributed by atoms with Crippen molar-refractivity contribution in [2.24, 2.45) is 0 Å². The molecule has 4 nitrogen and oxygen atoms in total. The molecule has 0 saturated carbocycles. The summed E-state index contributed by atoms with van der Waals surface area (Å²) in [6, 6.07) is 9.20. The highest BCUT2D eigenvalue weighted by atomic mass is 16.5. The summed E-state index contributed by atoms with van der Waals surface area (Å²) in [5.74, 6) is -0.407. The van der Waals surface area contributed by atoms with Crippen LogP contribution in [-0.4, -0.2) is 17.7 Å². The zero-order chi connectivity index (χ0) is 14.8. The lowest BCUT2D eigenvalue weighted by Gasteiger charge is -2.01. The van der Waals surface area contributed by atoms with Crippen molar-refractivity contribution in [1.29, 1.82) is 5.26 Å². The molecule has 102 valence electrons. The molecule has 0 aliphatic carbocycles. The van der Waals surface area contributed by atoms with Gasteiger partial charge in [-0.15, -0.1) is 0 Å². The molecule has 20 heavy (non-hydrogen) atoms. The van der Waals surface area contributed by atoms with E-state index in [0.717, 1.165) is 11.3 Å². The van der Waals surface area contributed by atoms with E-state index in [1.165, 1.54) is 12.2 Å². The van der Waals surface area contributed by atoms with E-state index < -0.39 is 5.97 Å². The van der Waals surface area contributed by atoms with Crippen molar-refractivity contribution in [2.45, 2.75) is 6.92 Å². The predicted octanol–water partition coefficient (Wildman–Crippen LogP) is 3.19. The van der Waals surface area contributed by atoms with E-state index in [0.29, 0.717) is 6.61 Å². The standard InChI is InChI=1S/C16H15NO3/c1-2-20-15-10-8-13(9-11-15)6-4-3-5-7-14(12-17)16(18)19/h3-11H,2H2,1H3,(H,18,19). The Morgan fingerprint density at radius 2 is 2.00 bits per heavy atom. The van der Waals surface area contributed by atoms with Crippen molar-refractivity contribution in [2.75, 3.05) is 6.61 Å². The SMILES string of the molecule is CCOc1ccc(C=CC=CC=C(C#N)C(=O)O)cc1. The average Bonchev–Trinajstić information content (AvgIpc) is 2.44. The molecule has 0 aliphatic rings. The number of nitriles is 1. The quantitative estimate of drug-likeness (QED) is 0.489. The summed E-state index contributed by atoms with van der Waals surface area (Å²) < 4.78 is 5.33. The number of rotatable bonds is 6. The summed E-state index contributed by atoms with van der Waals surface area (Å²) in [6.07, 6.45) is 8.06. The van der Waals surface area contributed by atoms with E-state index in [2.05, 4.69) is 0 Å². The van der Waals surface area contributed by atoms with Gasteiger partial charge in [0.15, 0.2) is 0 Å². The lowest BCUT2D eigenvalue weighted by Crippen LogP contribution is -1.96. The maximum atomic E-state index is 10.5. The van der Waals surface area contributed by atoms with Crippen LogP contribution in [0.5, 0.6) is 5.75 Å². The van der Waals surface area contributed by atoms with Crippen LogP contribution in [0.3, 0.4) is 0 Å². The normalized spacial score (nSPS) is 11.7. The van der Waals surface area contributed by atoms with Crippen LogP contribution in [0.25, 0.3) is 6.08 Å². The monoisotopic (exact) mass is 269 g/mol. The van der Waals surface area contributed by atoms with Gasteiger partial charge in [-0.1, -0.05) is 36.4 Å². The lowest BCUT2D eigenvalue weighted by molar-refractivity contribution is -0.132.